The Labute approximate surface area is 131 Å². The third kappa shape index (κ3) is 6.40. The fraction of sp³-hybridized carbons (Fsp3) is 0.562. The first kappa shape index (κ1) is 17.9. The van der Waals surface area contributed by atoms with Gasteiger partial charge in [-0.2, -0.15) is 0 Å². The van der Waals surface area contributed by atoms with Crippen molar-refractivity contribution in [3.05, 3.63) is 24.3 Å². The largest absolute Gasteiger partial charge is 0.497 e. The van der Waals surface area contributed by atoms with Crippen LogP contribution in [0.3, 0.4) is 0 Å². The summed E-state index contributed by atoms with van der Waals surface area (Å²) in [4.78, 5) is 13.1. The number of amides is 1. The number of nitrogens with one attached hydrogen (secondary N) is 1. The third-order valence-corrected chi connectivity index (χ3v) is 4.24. The summed E-state index contributed by atoms with van der Waals surface area (Å²) in [5, 5.41) is 12.1. The second-order valence-corrected chi connectivity index (χ2v) is 7.01. The fourth-order valence-corrected chi connectivity index (χ4v) is 2.62. The van der Waals surface area contributed by atoms with Gasteiger partial charge in [0.1, 0.15) is 5.75 Å². The van der Waals surface area contributed by atoms with Crippen LogP contribution in [0.25, 0.3) is 0 Å². The highest BCUT2D eigenvalue weighted by Crippen LogP contribution is 2.23. The number of rotatable bonds is 7. The van der Waals surface area contributed by atoms with Crippen LogP contribution in [-0.2, 0) is 4.79 Å². The standard InChI is InChI=1S/C16H25NO3S/c1-16(2,3)14(9-10-18)17-15(19)11-21-13-7-5-12(20-4)6-8-13/h5-8,14,18H,9-11H2,1-4H3,(H,17,19). The monoisotopic (exact) mass is 311 g/mol. The van der Waals surface area contributed by atoms with Gasteiger partial charge in [0.05, 0.1) is 12.9 Å². The molecular weight excluding hydrogens is 286 g/mol. The molecule has 2 N–H and O–H groups in total. The number of hydrogen-bond acceptors (Lipinski definition) is 4. The van der Waals surface area contributed by atoms with E-state index >= 15 is 0 Å². The number of carbonyl (C=O) groups is 1. The van der Waals surface area contributed by atoms with Crippen molar-refractivity contribution in [3.63, 3.8) is 0 Å². The van der Waals surface area contributed by atoms with Gasteiger partial charge in [-0.05, 0) is 36.1 Å². The van der Waals surface area contributed by atoms with Crippen LogP contribution >= 0.6 is 11.8 Å². The lowest BCUT2D eigenvalue weighted by Gasteiger charge is -2.31. The molecular formula is C16H25NO3S. The normalized spacial score (nSPS) is 12.8. The second kappa shape index (κ2) is 8.29. The third-order valence-electron chi connectivity index (χ3n) is 3.23. The van der Waals surface area contributed by atoms with Crippen LogP contribution in [0.5, 0.6) is 5.75 Å². The molecule has 1 aromatic rings. The van der Waals surface area contributed by atoms with Crippen molar-refractivity contribution in [1.82, 2.24) is 5.32 Å². The molecule has 0 saturated carbocycles. The summed E-state index contributed by atoms with van der Waals surface area (Å²) in [6, 6.07) is 7.61. The first-order valence-electron chi connectivity index (χ1n) is 7.04. The highest BCUT2D eigenvalue weighted by molar-refractivity contribution is 8.00. The summed E-state index contributed by atoms with van der Waals surface area (Å²) in [5.74, 6) is 1.16. The highest BCUT2D eigenvalue weighted by atomic mass is 32.2. The molecule has 0 fully saturated rings. The molecule has 0 aliphatic rings. The molecule has 0 heterocycles. The van der Waals surface area contributed by atoms with Gasteiger partial charge in [-0.3, -0.25) is 4.79 Å². The molecule has 0 aliphatic carbocycles. The summed E-state index contributed by atoms with van der Waals surface area (Å²) in [6.45, 7) is 6.26. The average Bonchev–Trinajstić information content (AvgIpc) is 2.44. The van der Waals surface area contributed by atoms with Crippen LogP contribution in [0, 0.1) is 5.41 Å². The van der Waals surface area contributed by atoms with Crippen molar-refractivity contribution >= 4 is 17.7 Å². The Morgan fingerprint density at radius 3 is 2.43 bits per heavy atom. The van der Waals surface area contributed by atoms with Crippen LogP contribution in [-0.4, -0.2) is 36.5 Å². The van der Waals surface area contributed by atoms with Gasteiger partial charge in [0.15, 0.2) is 0 Å². The zero-order chi connectivity index (χ0) is 15.9. The molecule has 5 heteroatoms. The molecule has 0 aromatic heterocycles. The van der Waals surface area contributed by atoms with Crippen molar-refractivity contribution in [2.75, 3.05) is 19.5 Å². The first-order chi connectivity index (χ1) is 9.86. The van der Waals surface area contributed by atoms with E-state index in [1.165, 1.54) is 11.8 Å². The van der Waals surface area contributed by atoms with Gasteiger partial charge >= 0.3 is 0 Å². The number of methoxy groups -OCH3 is 1. The number of benzene rings is 1. The van der Waals surface area contributed by atoms with E-state index in [0.29, 0.717) is 12.2 Å². The van der Waals surface area contributed by atoms with Crippen LogP contribution in [0.15, 0.2) is 29.2 Å². The van der Waals surface area contributed by atoms with Crippen molar-refractivity contribution in [2.24, 2.45) is 5.41 Å². The summed E-state index contributed by atoms with van der Waals surface area (Å²) < 4.78 is 5.10. The second-order valence-electron chi connectivity index (χ2n) is 5.96. The Morgan fingerprint density at radius 2 is 1.95 bits per heavy atom. The van der Waals surface area contributed by atoms with Crippen LogP contribution < -0.4 is 10.1 Å². The molecule has 21 heavy (non-hydrogen) atoms. The van der Waals surface area contributed by atoms with Gasteiger partial charge in [0.25, 0.3) is 0 Å². The van der Waals surface area contributed by atoms with Gasteiger partial charge in [-0.25, -0.2) is 0 Å². The van der Waals surface area contributed by atoms with E-state index in [-0.39, 0.29) is 24.0 Å². The SMILES string of the molecule is COc1ccc(SCC(=O)NC(CCO)C(C)(C)C)cc1. The van der Waals surface area contributed by atoms with Crippen molar-refractivity contribution < 1.29 is 14.6 Å². The maximum atomic E-state index is 12.0. The molecule has 0 spiro atoms. The molecule has 118 valence electrons. The summed E-state index contributed by atoms with van der Waals surface area (Å²) in [5.41, 5.74) is -0.0663. The van der Waals surface area contributed by atoms with E-state index in [9.17, 15) is 4.79 Å². The smallest absolute Gasteiger partial charge is 0.230 e. The van der Waals surface area contributed by atoms with Crippen molar-refractivity contribution in [1.29, 1.82) is 0 Å². The van der Waals surface area contributed by atoms with Crippen molar-refractivity contribution in [2.45, 2.75) is 38.1 Å². The maximum Gasteiger partial charge on any atom is 0.230 e. The first-order valence-corrected chi connectivity index (χ1v) is 8.02. The van der Waals surface area contributed by atoms with Gasteiger partial charge < -0.3 is 15.2 Å². The minimum absolute atomic E-state index is 0.0100. The number of ether oxygens (including phenoxy) is 1. The fourth-order valence-electron chi connectivity index (χ4n) is 1.91. The molecule has 0 saturated heterocycles. The number of thioether (sulfide) groups is 1. The lowest BCUT2D eigenvalue weighted by atomic mass is 9.85. The van der Waals surface area contributed by atoms with Gasteiger partial charge in [0, 0.05) is 17.5 Å². The minimum Gasteiger partial charge on any atom is -0.497 e. The van der Waals surface area contributed by atoms with Gasteiger partial charge in [-0.1, -0.05) is 20.8 Å². The number of aliphatic hydroxyl groups is 1. The summed E-state index contributed by atoms with van der Waals surface area (Å²) >= 11 is 1.49. The highest BCUT2D eigenvalue weighted by Gasteiger charge is 2.25. The lowest BCUT2D eigenvalue weighted by molar-refractivity contribution is -0.120. The molecule has 1 amide bonds. The molecule has 1 aromatic carbocycles. The van der Waals surface area contributed by atoms with E-state index in [1.807, 2.05) is 24.3 Å². The van der Waals surface area contributed by atoms with Crippen molar-refractivity contribution in [3.8, 4) is 5.75 Å². The molecule has 0 aliphatic heterocycles. The molecule has 4 nitrogen and oxygen atoms in total. The number of hydrogen-bond donors (Lipinski definition) is 2. The Hall–Kier alpha value is -1.20. The van der Waals surface area contributed by atoms with E-state index in [0.717, 1.165) is 10.6 Å². The topological polar surface area (TPSA) is 58.6 Å². The molecule has 0 radical (unpaired) electrons. The predicted molar refractivity (Wildman–Crippen MR) is 86.8 cm³/mol. The average molecular weight is 311 g/mol. The number of carbonyl (C=O) groups excluding carboxylic acids is 1. The summed E-state index contributed by atoms with van der Waals surface area (Å²) in [7, 11) is 1.63. The Bertz CT molecular complexity index is 440. The molecule has 1 unspecified atom stereocenters. The molecule has 0 bridgehead atoms. The van der Waals surface area contributed by atoms with Crippen LogP contribution in [0.2, 0.25) is 0 Å². The Kier molecular flexibility index (Phi) is 7.05. The Morgan fingerprint density at radius 1 is 1.33 bits per heavy atom. The zero-order valence-electron chi connectivity index (χ0n) is 13.2. The van der Waals surface area contributed by atoms with Crippen LogP contribution in [0.1, 0.15) is 27.2 Å². The maximum absolute atomic E-state index is 12.0. The summed E-state index contributed by atoms with van der Waals surface area (Å²) in [6.07, 6.45) is 0.572. The lowest BCUT2D eigenvalue weighted by Crippen LogP contribution is -2.45. The van der Waals surface area contributed by atoms with Crippen LogP contribution in [0.4, 0.5) is 0 Å². The zero-order valence-corrected chi connectivity index (χ0v) is 14.0. The molecule has 1 atom stereocenters. The van der Waals surface area contributed by atoms with E-state index < -0.39 is 0 Å². The van der Waals surface area contributed by atoms with E-state index in [4.69, 9.17) is 9.84 Å². The number of aliphatic hydroxyl groups excluding tert-OH is 1. The van der Waals surface area contributed by atoms with Gasteiger partial charge in [0.2, 0.25) is 5.91 Å². The predicted octanol–water partition coefficient (Wildman–Crippen LogP) is 2.70. The van der Waals surface area contributed by atoms with E-state index in [2.05, 4.69) is 26.1 Å². The Balaban J connectivity index is 2.48. The minimum atomic E-state index is -0.0663. The van der Waals surface area contributed by atoms with Gasteiger partial charge in [-0.15, -0.1) is 11.8 Å². The van der Waals surface area contributed by atoms with E-state index in [1.54, 1.807) is 7.11 Å². The molecule has 1 rings (SSSR count). The quantitative estimate of drug-likeness (QED) is 0.760.